The van der Waals surface area contributed by atoms with Crippen molar-refractivity contribution in [1.29, 1.82) is 0 Å². The van der Waals surface area contributed by atoms with E-state index in [9.17, 15) is 0 Å². The molecule has 42 heavy (non-hydrogen) atoms. The van der Waals surface area contributed by atoms with Crippen LogP contribution in [0.1, 0.15) is 56.1 Å². The molecular weight excluding hydrogens is 549 g/mol. The van der Waals surface area contributed by atoms with Crippen molar-refractivity contribution < 1.29 is 9.09 Å². The standard InChI is InChI=1S/C37H46NO2PSi/c1-28(2)29(3)36(42(5,6)7)41(39)38(30(4)35(40-41)31-20-12-8-13-21-31)37(32-22-14-9-15-23-32,33-24-16-10-17-25-33)34-26-18-11-19-27-34/h8-30,35-36H,1-7H3/t29-,30+,35+,36?,41?/m1/s1. The smallest absolute Gasteiger partial charge is 0.275 e. The molecule has 5 heteroatoms. The molecule has 1 aliphatic rings. The van der Waals surface area contributed by atoms with Gasteiger partial charge in [0.1, 0.15) is 11.6 Å². The van der Waals surface area contributed by atoms with Gasteiger partial charge in [0.05, 0.1) is 8.07 Å². The monoisotopic (exact) mass is 595 g/mol. The van der Waals surface area contributed by atoms with Crippen LogP contribution in [0, 0.1) is 11.8 Å². The van der Waals surface area contributed by atoms with Crippen LogP contribution in [-0.4, -0.2) is 24.1 Å². The van der Waals surface area contributed by atoms with E-state index in [-0.39, 0.29) is 23.3 Å². The molecule has 5 atom stereocenters. The highest BCUT2D eigenvalue weighted by Gasteiger charge is 2.64. The number of hydrogen-bond acceptors (Lipinski definition) is 2. The molecule has 5 rings (SSSR count). The minimum Gasteiger partial charge on any atom is -0.307 e. The summed E-state index contributed by atoms with van der Waals surface area (Å²) in [6.07, 6.45) is -0.328. The largest absolute Gasteiger partial charge is 0.307 e. The summed E-state index contributed by atoms with van der Waals surface area (Å²) in [6.45, 7) is 16.2. The Morgan fingerprint density at radius 1 is 0.690 bits per heavy atom. The molecule has 4 aromatic rings. The van der Waals surface area contributed by atoms with Crippen molar-refractivity contribution in [1.82, 2.24) is 4.67 Å². The van der Waals surface area contributed by atoms with Crippen LogP contribution in [0.2, 0.25) is 19.6 Å². The quantitative estimate of drug-likeness (QED) is 0.110. The first-order chi connectivity index (χ1) is 20.0. The van der Waals surface area contributed by atoms with E-state index >= 15 is 4.57 Å². The lowest BCUT2D eigenvalue weighted by molar-refractivity contribution is 0.177. The topological polar surface area (TPSA) is 29.5 Å². The highest BCUT2D eigenvalue weighted by molar-refractivity contribution is 7.60. The lowest BCUT2D eigenvalue weighted by atomic mass is 9.76. The summed E-state index contributed by atoms with van der Waals surface area (Å²) >= 11 is 0. The van der Waals surface area contributed by atoms with Crippen molar-refractivity contribution in [2.45, 2.75) is 70.3 Å². The highest BCUT2D eigenvalue weighted by Crippen LogP contribution is 2.74. The van der Waals surface area contributed by atoms with Gasteiger partial charge in [0.25, 0.3) is 7.52 Å². The Morgan fingerprint density at radius 2 is 1.07 bits per heavy atom. The Bertz CT molecular complexity index is 1390. The number of benzene rings is 4. The van der Waals surface area contributed by atoms with E-state index in [1.165, 1.54) is 0 Å². The van der Waals surface area contributed by atoms with Gasteiger partial charge in [0, 0.05) is 11.3 Å². The van der Waals surface area contributed by atoms with E-state index in [0.717, 1.165) is 22.3 Å². The molecule has 1 fully saturated rings. The van der Waals surface area contributed by atoms with Gasteiger partial charge in [-0.25, -0.2) is 4.67 Å². The van der Waals surface area contributed by atoms with E-state index in [2.05, 4.69) is 167 Å². The Balaban J connectivity index is 1.92. The van der Waals surface area contributed by atoms with Crippen LogP contribution in [0.3, 0.4) is 0 Å². The van der Waals surface area contributed by atoms with Crippen LogP contribution in [-0.2, 0) is 14.6 Å². The molecule has 0 aromatic heterocycles. The van der Waals surface area contributed by atoms with Crippen LogP contribution < -0.4 is 0 Å². The third-order valence-corrected chi connectivity index (χ3v) is 17.8. The second-order valence-corrected chi connectivity index (χ2v) is 21.5. The average molecular weight is 596 g/mol. The maximum Gasteiger partial charge on any atom is 0.275 e. The summed E-state index contributed by atoms with van der Waals surface area (Å²) in [4.78, 5) is 0. The second kappa shape index (κ2) is 12.1. The van der Waals surface area contributed by atoms with Crippen molar-refractivity contribution in [2.24, 2.45) is 11.8 Å². The fourth-order valence-corrected chi connectivity index (χ4v) is 17.1. The van der Waals surface area contributed by atoms with Gasteiger partial charge in [-0.15, -0.1) is 0 Å². The zero-order chi connectivity index (χ0) is 30.1. The molecule has 220 valence electrons. The maximum absolute atomic E-state index is 16.5. The zero-order valence-electron chi connectivity index (χ0n) is 26.1. The van der Waals surface area contributed by atoms with Crippen molar-refractivity contribution in [3.8, 4) is 0 Å². The molecule has 0 spiro atoms. The number of nitrogens with zero attached hydrogens (tertiary/aromatic N) is 1. The molecule has 0 radical (unpaired) electrons. The van der Waals surface area contributed by atoms with E-state index in [1.807, 2.05) is 6.07 Å². The van der Waals surface area contributed by atoms with Crippen molar-refractivity contribution in [3.63, 3.8) is 0 Å². The average Bonchev–Trinajstić information content (AvgIpc) is 3.25. The van der Waals surface area contributed by atoms with Gasteiger partial charge >= 0.3 is 0 Å². The summed E-state index contributed by atoms with van der Waals surface area (Å²) in [5.74, 6) is 0.579. The van der Waals surface area contributed by atoms with E-state index in [0.29, 0.717) is 5.92 Å². The molecule has 0 aliphatic carbocycles. The first kappa shape index (κ1) is 30.7. The minimum atomic E-state index is -3.52. The van der Waals surface area contributed by atoms with Crippen LogP contribution >= 0.6 is 7.52 Å². The maximum atomic E-state index is 16.5. The lowest BCUT2D eigenvalue weighted by Gasteiger charge is -2.51. The third kappa shape index (κ3) is 5.28. The van der Waals surface area contributed by atoms with Gasteiger partial charge in [0.2, 0.25) is 0 Å². The fourth-order valence-electron chi connectivity index (χ4n) is 7.25. The van der Waals surface area contributed by atoms with Crippen LogP contribution in [0.25, 0.3) is 0 Å². The molecule has 1 saturated heterocycles. The summed E-state index contributed by atoms with van der Waals surface area (Å²) in [5, 5.41) is -0.0725. The minimum absolute atomic E-state index is 0.0725. The van der Waals surface area contributed by atoms with Crippen molar-refractivity contribution in [3.05, 3.63) is 144 Å². The molecule has 0 N–H and O–H groups in total. The van der Waals surface area contributed by atoms with Gasteiger partial charge < -0.3 is 4.52 Å². The van der Waals surface area contributed by atoms with E-state index in [1.54, 1.807) is 0 Å². The molecule has 3 nitrogen and oxygen atoms in total. The summed E-state index contributed by atoms with van der Waals surface area (Å²) in [6, 6.07) is 42.2. The molecule has 0 amide bonds. The zero-order valence-corrected chi connectivity index (χ0v) is 28.0. The fraction of sp³-hybridized carbons (Fsp3) is 0.351. The predicted molar refractivity (Wildman–Crippen MR) is 180 cm³/mol. The SMILES string of the molecule is CC(C)[C@@H](C)C([Si](C)(C)C)P1(=O)O[C@H](c2ccccc2)[C@H](C)N1C(c1ccccc1)(c1ccccc1)c1ccccc1. The van der Waals surface area contributed by atoms with Gasteiger partial charge in [-0.05, 0) is 41.0 Å². The summed E-state index contributed by atoms with van der Waals surface area (Å²) in [7, 11) is -5.59. The number of hydrogen-bond donors (Lipinski definition) is 0. The number of rotatable bonds is 9. The molecule has 2 unspecified atom stereocenters. The Morgan fingerprint density at radius 3 is 1.43 bits per heavy atom. The van der Waals surface area contributed by atoms with Crippen molar-refractivity contribution in [2.75, 3.05) is 0 Å². The first-order valence-electron chi connectivity index (χ1n) is 15.3. The Hall–Kier alpha value is -2.75. The normalized spacial score (nSPS) is 23.1. The Kier molecular flexibility index (Phi) is 8.84. The summed E-state index contributed by atoms with van der Waals surface area (Å²) in [5.41, 5.74) is 3.52. The third-order valence-electron chi connectivity index (χ3n) is 9.22. The van der Waals surface area contributed by atoms with Crippen LogP contribution in [0.5, 0.6) is 0 Å². The lowest BCUT2D eigenvalue weighted by Crippen LogP contribution is -2.53. The van der Waals surface area contributed by atoms with Gasteiger partial charge in [-0.1, -0.05) is 162 Å². The highest BCUT2D eigenvalue weighted by atomic mass is 31.2. The van der Waals surface area contributed by atoms with Crippen LogP contribution in [0.15, 0.2) is 121 Å². The van der Waals surface area contributed by atoms with Gasteiger partial charge in [-0.2, -0.15) is 0 Å². The second-order valence-electron chi connectivity index (χ2n) is 13.3. The van der Waals surface area contributed by atoms with E-state index < -0.39 is 21.1 Å². The molecule has 4 aromatic carbocycles. The van der Waals surface area contributed by atoms with Crippen molar-refractivity contribution >= 4 is 15.6 Å². The van der Waals surface area contributed by atoms with Crippen LogP contribution in [0.4, 0.5) is 0 Å². The molecule has 1 aliphatic heterocycles. The van der Waals surface area contributed by atoms with Gasteiger partial charge in [-0.3, -0.25) is 4.57 Å². The summed E-state index contributed by atoms with van der Waals surface area (Å²) < 4.78 is 26.1. The first-order valence-corrected chi connectivity index (χ1v) is 20.5. The Labute approximate surface area is 254 Å². The van der Waals surface area contributed by atoms with Gasteiger partial charge in [0.15, 0.2) is 0 Å². The molecule has 0 saturated carbocycles. The molecule has 1 heterocycles. The molecule has 0 bridgehead atoms. The molecular formula is C37H46NO2PSi. The van der Waals surface area contributed by atoms with E-state index in [4.69, 9.17) is 4.52 Å². The predicted octanol–water partition coefficient (Wildman–Crippen LogP) is 10.2.